The van der Waals surface area contributed by atoms with E-state index < -0.39 is 0 Å². The van der Waals surface area contributed by atoms with Crippen LogP contribution in [0.15, 0.2) is 47.8 Å². The van der Waals surface area contributed by atoms with Gasteiger partial charge >= 0.3 is 0 Å². The van der Waals surface area contributed by atoms with Crippen LogP contribution < -0.4 is 14.8 Å². The van der Waals surface area contributed by atoms with E-state index in [9.17, 15) is 9.18 Å². The number of halogens is 1. The van der Waals surface area contributed by atoms with Crippen LogP contribution in [0.4, 0.5) is 10.1 Å². The Hall–Kier alpha value is -2.58. The Morgan fingerprint density at radius 1 is 1.18 bits per heavy atom. The summed E-state index contributed by atoms with van der Waals surface area (Å²) in [6.07, 6.45) is 0. The van der Waals surface area contributed by atoms with Crippen molar-refractivity contribution >= 4 is 34.7 Å². The molecule has 0 aliphatic carbocycles. The van der Waals surface area contributed by atoms with Crippen LogP contribution in [0.3, 0.4) is 0 Å². The van der Waals surface area contributed by atoms with Gasteiger partial charge in [0.1, 0.15) is 22.3 Å². The number of nitrogens with zero attached hydrogens (tertiary/aromatic N) is 1. The normalized spacial score (nSPS) is 10.5. The lowest BCUT2D eigenvalue weighted by Gasteiger charge is -2.11. The van der Waals surface area contributed by atoms with Gasteiger partial charge < -0.3 is 14.8 Å². The number of amides is 1. The SMILES string of the molecule is COc1ccc(NC(=O)CSCc2csc(-c3ccc(F)cc3)n2)c(OC)c1. The van der Waals surface area contributed by atoms with Crippen LogP contribution in [0.25, 0.3) is 10.6 Å². The highest BCUT2D eigenvalue weighted by molar-refractivity contribution is 7.99. The third-order valence-electron chi connectivity index (χ3n) is 3.81. The van der Waals surface area contributed by atoms with Gasteiger partial charge in [-0.25, -0.2) is 9.37 Å². The molecule has 0 aliphatic rings. The fourth-order valence-corrected chi connectivity index (χ4v) is 4.08. The summed E-state index contributed by atoms with van der Waals surface area (Å²) in [6.45, 7) is 0. The molecule has 0 radical (unpaired) electrons. The van der Waals surface area contributed by atoms with Crippen molar-refractivity contribution < 1.29 is 18.7 Å². The molecule has 3 rings (SSSR count). The van der Waals surface area contributed by atoms with E-state index in [4.69, 9.17) is 9.47 Å². The van der Waals surface area contributed by atoms with Gasteiger partial charge in [-0.05, 0) is 36.4 Å². The Morgan fingerprint density at radius 3 is 2.68 bits per heavy atom. The van der Waals surface area contributed by atoms with E-state index in [2.05, 4.69) is 10.3 Å². The Balaban J connectivity index is 1.51. The van der Waals surface area contributed by atoms with E-state index in [-0.39, 0.29) is 11.7 Å². The molecule has 0 saturated heterocycles. The lowest BCUT2D eigenvalue weighted by molar-refractivity contribution is -0.113. The molecule has 0 bridgehead atoms. The molecule has 1 amide bonds. The molecule has 0 spiro atoms. The van der Waals surface area contributed by atoms with Crippen LogP contribution in [0.5, 0.6) is 11.5 Å². The second kappa shape index (κ2) is 9.57. The number of nitrogens with one attached hydrogen (secondary N) is 1. The summed E-state index contributed by atoms with van der Waals surface area (Å²) in [5.74, 6) is 1.72. The van der Waals surface area contributed by atoms with Gasteiger partial charge in [0.05, 0.1) is 31.4 Å². The van der Waals surface area contributed by atoms with Gasteiger partial charge in [-0.2, -0.15) is 0 Å². The predicted octanol–water partition coefficient (Wildman–Crippen LogP) is 4.84. The molecule has 1 heterocycles. The summed E-state index contributed by atoms with van der Waals surface area (Å²) in [5.41, 5.74) is 2.37. The predicted molar refractivity (Wildman–Crippen MR) is 112 cm³/mol. The van der Waals surface area contributed by atoms with Crippen molar-refractivity contribution in [2.75, 3.05) is 25.3 Å². The number of thioether (sulfide) groups is 1. The molecule has 0 fully saturated rings. The molecular formula is C20H19FN2O3S2. The van der Waals surface area contributed by atoms with E-state index >= 15 is 0 Å². The van der Waals surface area contributed by atoms with Gasteiger partial charge in [-0.15, -0.1) is 23.1 Å². The van der Waals surface area contributed by atoms with Gasteiger partial charge in [0.15, 0.2) is 0 Å². The number of methoxy groups -OCH3 is 2. The zero-order valence-corrected chi connectivity index (χ0v) is 17.0. The fourth-order valence-electron chi connectivity index (χ4n) is 2.43. The quantitative estimate of drug-likeness (QED) is 0.567. The lowest BCUT2D eigenvalue weighted by Crippen LogP contribution is -2.14. The number of anilines is 1. The van der Waals surface area contributed by atoms with Crippen molar-refractivity contribution in [2.24, 2.45) is 0 Å². The highest BCUT2D eigenvalue weighted by atomic mass is 32.2. The molecule has 0 saturated carbocycles. The molecule has 5 nitrogen and oxygen atoms in total. The molecule has 146 valence electrons. The Bertz CT molecular complexity index is 945. The second-order valence-electron chi connectivity index (χ2n) is 5.76. The number of carbonyl (C=O) groups is 1. The van der Waals surface area contributed by atoms with E-state index in [1.165, 1.54) is 35.2 Å². The third-order valence-corrected chi connectivity index (χ3v) is 5.72. The molecule has 0 unspecified atom stereocenters. The molecular weight excluding hydrogens is 399 g/mol. The number of aromatic nitrogens is 1. The van der Waals surface area contributed by atoms with Crippen LogP contribution >= 0.6 is 23.1 Å². The molecule has 3 aromatic rings. The maximum Gasteiger partial charge on any atom is 0.234 e. The molecule has 1 aromatic heterocycles. The standard InChI is InChI=1S/C20H19FN2O3S2/c1-25-16-7-8-17(18(9-16)26-2)23-19(24)12-27-10-15-11-28-20(22-15)13-3-5-14(21)6-4-13/h3-9,11H,10,12H2,1-2H3,(H,23,24). The number of benzene rings is 2. The first-order valence-electron chi connectivity index (χ1n) is 8.39. The molecule has 0 aliphatic heterocycles. The number of ether oxygens (including phenoxy) is 2. The highest BCUT2D eigenvalue weighted by Crippen LogP contribution is 2.29. The van der Waals surface area contributed by atoms with Gasteiger partial charge in [0.2, 0.25) is 5.91 Å². The lowest BCUT2D eigenvalue weighted by atomic mass is 10.2. The molecule has 8 heteroatoms. The van der Waals surface area contributed by atoms with Crippen molar-refractivity contribution in [3.8, 4) is 22.1 Å². The Kier molecular flexibility index (Phi) is 6.89. The van der Waals surface area contributed by atoms with E-state index in [1.54, 1.807) is 44.6 Å². The molecule has 2 aromatic carbocycles. The largest absolute Gasteiger partial charge is 0.497 e. The van der Waals surface area contributed by atoms with Gasteiger partial charge in [-0.3, -0.25) is 4.79 Å². The number of thiazole rings is 1. The minimum Gasteiger partial charge on any atom is -0.497 e. The van der Waals surface area contributed by atoms with Crippen LogP contribution in [0, 0.1) is 5.82 Å². The second-order valence-corrected chi connectivity index (χ2v) is 7.60. The van der Waals surface area contributed by atoms with Crippen LogP contribution in [-0.2, 0) is 10.5 Å². The first-order valence-corrected chi connectivity index (χ1v) is 10.4. The average Bonchev–Trinajstić information content (AvgIpc) is 3.17. The maximum absolute atomic E-state index is 13.0. The molecule has 0 atom stereocenters. The average molecular weight is 419 g/mol. The van der Waals surface area contributed by atoms with E-state index in [0.717, 1.165) is 16.3 Å². The monoisotopic (exact) mass is 418 g/mol. The number of hydrogen-bond donors (Lipinski definition) is 1. The van der Waals surface area contributed by atoms with Crippen molar-refractivity contribution in [2.45, 2.75) is 5.75 Å². The molecule has 28 heavy (non-hydrogen) atoms. The minimum absolute atomic E-state index is 0.123. The van der Waals surface area contributed by atoms with Gasteiger partial charge in [0, 0.05) is 22.8 Å². The fraction of sp³-hybridized carbons (Fsp3) is 0.200. The smallest absolute Gasteiger partial charge is 0.234 e. The van der Waals surface area contributed by atoms with Crippen LogP contribution in [-0.4, -0.2) is 30.9 Å². The zero-order chi connectivity index (χ0) is 19.9. The Labute approximate surface area is 170 Å². The number of carbonyl (C=O) groups excluding carboxylic acids is 1. The van der Waals surface area contributed by atoms with E-state index in [0.29, 0.717) is 28.7 Å². The first kappa shape index (κ1) is 20.2. The minimum atomic E-state index is -0.268. The van der Waals surface area contributed by atoms with Crippen molar-refractivity contribution in [3.63, 3.8) is 0 Å². The first-order chi connectivity index (χ1) is 13.6. The number of hydrogen-bond acceptors (Lipinski definition) is 6. The van der Waals surface area contributed by atoms with Gasteiger partial charge in [0.25, 0.3) is 0 Å². The summed E-state index contributed by atoms with van der Waals surface area (Å²) >= 11 is 2.97. The van der Waals surface area contributed by atoms with E-state index in [1.807, 2.05) is 5.38 Å². The maximum atomic E-state index is 13.0. The topological polar surface area (TPSA) is 60.5 Å². The number of rotatable bonds is 8. The van der Waals surface area contributed by atoms with Gasteiger partial charge in [-0.1, -0.05) is 0 Å². The highest BCUT2D eigenvalue weighted by Gasteiger charge is 2.10. The third kappa shape index (κ3) is 5.24. The molecule has 1 N–H and O–H groups in total. The summed E-state index contributed by atoms with van der Waals surface area (Å²) in [5, 5.41) is 5.63. The van der Waals surface area contributed by atoms with Crippen LogP contribution in [0.2, 0.25) is 0 Å². The zero-order valence-electron chi connectivity index (χ0n) is 15.4. The van der Waals surface area contributed by atoms with Crippen molar-refractivity contribution in [1.29, 1.82) is 0 Å². The Morgan fingerprint density at radius 2 is 1.96 bits per heavy atom. The summed E-state index contributed by atoms with van der Waals surface area (Å²) in [4.78, 5) is 16.8. The van der Waals surface area contributed by atoms with Crippen molar-refractivity contribution in [1.82, 2.24) is 4.98 Å². The van der Waals surface area contributed by atoms with Crippen LogP contribution in [0.1, 0.15) is 5.69 Å². The van der Waals surface area contributed by atoms with Crippen molar-refractivity contribution in [3.05, 3.63) is 59.4 Å². The summed E-state index contributed by atoms with van der Waals surface area (Å²) < 4.78 is 23.4. The summed E-state index contributed by atoms with van der Waals surface area (Å²) in [6, 6.07) is 11.5. The summed E-state index contributed by atoms with van der Waals surface area (Å²) in [7, 11) is 3.11.